The first-order valence-corrected chi connectivity index (χ1v) is 7.37. The molecule has 0 saturated carbocycles. The Morgan fingerprint density at radius 1 is 1.29 bits per heavy atom. The van der Waals surface area contributed by atoms with E-state index in [1.165, 1.54) is 6.07 Å². The van der Waals surface area contributed by atoms with Crippen molar-refractivity contribution in [2.24, 2.45) is 0 Å². The minimum absolute atomic E-state index is 0.0318. The minimum atomic E-state index is -0.500. The summed E-state index contributed by atoms with van der Waals surface area (Å²) in [6.45, 7) is 6.55. The van der Waals surface area contributed by atoms with Gasteiger partial charge < -0.3 is 10.6 Å². The van der Waals surface area contributed by atoms with E-state index in [0.29, 0.717) is 12.2 Å². The minimum Gasteiger partial charge on any atom is -0.379 e. The Balaban J connectivity index is 3.10. The highest BCUT2D eigenvalue weighted by atomic mass is 16.6. The van der Waals surface area contributed by atoms with Crippen LogP contribution in [0.2, 0.25) is 0 Å². The van der Waals surface area contributed by atoms with Gasteiger partial charge >= 0.3 is 5.69 Å². The molecule has 1 aromatic rings. The molecule has 0 unspecified atom stereocenters. The fourth-order valence-electron chi connectivity index (χ4n) is 2.08. The normalized spacial score (nSPS) is 10.5. The summed E-state index contributed by atoms with van der Waals surface area (Å²) < 4.78 is 0. The van der Waals surface area contributed by atoms with Gasteiger partial charge in [0.1, 0.15) is 11.3 Å². The Hall–Kier alpha value is -2.11. The van der Waals surface area contributed by atoms with Gasteiger partial charge in [-0.2, -0.15) is 0 Å². The number of hydrogen-bond acceptors (Lipinski definition) is 4. The number of amides is 1. The van der Waals surface area contributed by atoms with Gasteiger partial charge in [-0.05, 0) is 31.4 Å². The standard InChI is InChI=1S/C15H23N3O3/c1-4-10-16-13-9-7-8-12(14(13)18(20)21)15(19)17-11(5-2)6-3/h7-9,11,16H,4-6,10H2,1-3H3,(H,17,19). The number of benzene rings is 1. The van der Waals surface area contributed by atoms with Crippen LogP contribution < -0.4 is 10.6 Å². The molecule has 116 valence electrons. The molecule has 0 aromatic heterocycles. The second-order valence-corrected chi connectivity index (χ2v) is 4.87. The maximum atomic E-state index is 12.3. The van der Waals surface area contributed by atoms with Gasteiger partial charge in [0, 0.05) is 12.6 Å². The van der Waals surface area contributed by atoms with Crippen LogP contribution in [0.5, 0.6) is 0 Å². The van der Waals surface area contributed by atoms with E-state index < -0.39 is 10.8 Å². The molecule has 0 aliphatic rings. The van der Waals surface area contributed by atoms with Gasteiger partial charge in [0.2, 0.25) is 0 Å². The molecule has 0 atom stereocenters. The van der Waals surface area contributed by atoms with Crippen molar-refractivity contribution in [3.63, 3.8) is 0 Å². The fourth-order valence-corrected chi connectivity index (χ4v) is 2.08. The lowest BCUT2D eigenvalue weighted by molar-refractivity contribution is -0.384. The number of para-hydroxylation sites is 1. The number of nitro groups is 1. The summed E-state index contributed by atoms with van der Waals surface area (Å²) in [6, 6.07) is 4.81. The zero-order valence-electron chi connectivity index (χ0n) is 12.8. The number of anilines is 1. The lowest BCUT2D eigenvalue weighted by Crippen LogP contribution is -2.34. The molecule has 0 aliphatic heterocycles. The summed E-state index contributed by atoms with van der Waals surface area (Å²) in [7, 11) is 0. The highest BCUT2D eigenvalue weighted by Crippen LogP contribution is 2.28. The Labute approximate surface area is 125 Å². The van der Waals surface area contributed by atoms with Crippen molar-refractivity contribution in [3.8, 4) is 0 Å². The quantitative estimate of drug-likeness (QED) is 0.568. The van der Waals surface area contributed by atoms with Crippen molar-refractivity contribution >= 4 is 17.3 Å². The molecule has 0 spiro atoms. The van der Waals surface area contributed by atoms with E-state index >= 15 is 0 Å². The van der Waals surface area contributed by atoms with Gasteiger partial charge in [-0.1, -0.05) is 26.8 Å². The summed E-state index contributed by atoms with van der Waals surface area (Å²) in [5, 5.41) is 17.2. The molecule has 0 saturated heterocycles. The van der Waals surface area contributed by atoms with E-state index in [2.05, 4.69) is 10.6 Å². The first kappa shape index (κ1) is 16.9. The third kappa shape index (κ3) is 4.44. The number of carbonyl (C=O) groups excluding carboxylic acids is 1. The molecule has 21 heavy (non-hydrogen) atoms. The van der Waals surface area contributed by atoms with Gasteiger partial charge in [0.15, 0.2) is 0 Å². The van der Waals surface area contributed by atoms with Crippen LogP contribution >= 0.6 is 0 Å². The highest BCUT2D eigenvalue weighted by molar-refractivity contribution is 6.00. The van der Waals surface area contributed by atoms with Crippen molar-refractivity contribution in [2.45, 2.75) is 46.1 Å². The van der Waals surface area contributed by atoms with Gasteiger partial charge in [-0.3, -0.25) is 14.9 Å². The van der Waals surface area contributed by atoms with Gasteiger partial charge in [-0.25, -0.2) is 0 Å². The topological polar surface area (TPSA) is 84.3 Å². The highest BCUT2D eigenvalue weighted by Gasteiger charge is 2.25. The molecule has 6 heteroatoms. The number of carbonyl (C=O) groups is 1. The SMILES string of the molecule is CCCNc1cccc(C(=O)NC(CC)CC)c1[N+](=O)[O-]. The third-order valence-electron chi connectivity index (χ3n) is 3.35. The van der Waals surface area contributed by atoms with Crippen molar-refractivity contribution in [3.05, 3.63) is 33.9 Å². The molecule has 1 rings (SSSR count). The molecule has 1 aromatic carbocycles. The maximum Gasteiger partial charge on any atom is 0.305 e. The van der Waals surface area contributed by atoms with Crippen LogP contribution in [0, 0.1) is 10.1 Å². The summed E-state index contributed by atoms with van der Waals surface area (Å²) in [4.78, 5) is 23.1. The average molecular weight is 293 g/mol. The lowest BCUT2D eigenvalue weighted by atomic mass is 10.1. The van der Waals surface area contributed by atoms with Gasteiger partial charge in [0.25, 0.3) is 5.91 Å². The third-order valence-corrected chi connectivity index (χ3v) is 3.35. The van der Waals surface area contributed by atoms with E-state index in [4.69, 9.17) is 0 Å². The van der Waals surface area contributed by atoms with Crippen LogP contribution in [-0.4, -0.2) is 23.4 Å². The van der Waals surface area contributed by atoms with Crippen LogP contribution in [0.4, 0.5) is 11.4 Å². The maximum absolute atomic E-state index is 12.3. The number of nitrogens with one attached hydrogen (secondary N) is 2. The van der Waals surface area contributed by atoms with E-state index in [1.807, 2.05) is 20.8 Å². The van der Waals surface area contributed by atoms with Gasteiger partial charge in [0.05, 0.1) is 4.92 Å². The Morgan fingerprint density at radius 2 is 1.95 bits per heavy atom. The van der Waals surface area contributed by atoms with Crippen LogP contribution in [0.25, 0.3) is 0 Å². The molecule has 0 aliphatic carbocycles. The van der Waals surface area contributed by atoms with Crippen molar-refractivity contribution < 1.29 is 9.72 Å². The second-order valence-electron chi connectivity index (χ2n) is 4.87. The summed E-state index contributed by atoms with van der Waals surface area (Å²) in [5.74, 6) is -0.393. The lowest BCUT2D eigenvalue weighted by Gasteiger charge is -2.15. The first-order valence-electron chi connectivity index (χ1n) is 7.37. The second kappa shape index (κ2) is 8.24. The first-order chi connectivity index (χ1) is 10.0. The molecular weight excluding hydrogens is 270 g/mol. The fraction of sp³-hybridized carbons (Fsp3) is 0.533. The summed E-state index contributed by atoms with van der Waals surface area (Å²) >= 11 is 0. The predicted octanol–water partition coefficient (Wildman–Crippen LogP) is 3.34. The molecule has 0 fully saturated rings. The molecule has 6 nitrogen and oxygen atoms in total. The van der Waals surface area contributed by atoms with Crippen LogP contribution in [0.3, 0.4) is 0 Å². The summed E-state index contributed by atoms with van der Waals surface area (Å²) in [5.41, 5.74) is 0.335. The number of nitro benzene ring substituents is 1. The smallest absolute Gasteiger partial charge is 0.305 e. The zero-order valence-corrected chi connectivity index (χ0v) is 12.8. The Bertz CT molecular complexity index is 499. The van der Waals surface area contributed by atoms with Crippen LogP contribution in [0.1, 0.15) is 50.4 Å². The van der Waals surface area contributed by atoms with Crippen LogP contribution in [0.15, 0.2) is 18.2 Å². The molecule has 0 bridgehead atoms. The van der Waals surface area contributed by atoms with Crippen molar-refractivity contribution in [2.75, 3.05) is 11.9 Å². The van der Waals surface area contributed by atoms with E-state index in [0.717, 1.165) is 19.3 Å². The van der Waals surface area contributed by atoms with Crippen molar-refractivity contribution in [1.82, 2.24) is 5.32 Å². The Morgan fingerprint density at radius 3 is 2.48 bits per heavy atom. The number of nitrogens with zero attached hydrogens (tertiary/aromatic N) is 1. The molecule has 0 radical (unpaired) electrons. The largest absolute Gasteiger partial charge is 0.379 e. The van der Waals surface area contributed by atoms with Crippen LogP contribution in [-0.2, 0) is 0 Å². The van der Waals surface area contributed by atoms with E-state index in [9.17, 15) is 14.9 Å². The van der Waals surface area contributed by atoms with Gasteiger partial charge in [-0.15, -0.1) is 0 Å². The monoisotopic (exact) mass is 293 g/mol. The molecule has 0 heterocycles. The molecule has 1 amide bonds. The number of hydrogen-bond donors (Lipinski definition) is 2. The van der Waals surface area contributed by atoms with E-state index in [-0.39, 0.29) is 17.3 Å². The molecule has 2 N–H and O–H groups in total. The van der Waals surface area contributed by atoms with Crippen molar-refractivity contribution in [1.29, 1.82) is 0 Å². The zero-order chi connectivity index (χ0) is 15.8. The number of rotatable bonds is 8. The summed E-state index contributed by atoms with van der Waals surface area (Å²) in [6.07, 6.45) is 2.44. The Kier molecular flexibility index (Phi) is 6.65. The predicted molar refractivity (Wildman–Crippen MR) is 83.7 cm³/mol. The molecular formula is C15H23N3O3. The average Bonchev–Trinajstić information content (AvgIpc) is 2.49. The van der Waals surface area contributed by atoms with E-state index in [1.54, 1.807) is 12.1 Å².